The zero-order valence-electron chi connectivity index (χ0n) is 10.8. The summed E-state index contributed by atoms with van der Waals surface area (Å²) >= 11 is 0. The number of nitrogens with one attached hydrogen (secondary N) is 1. The van der Waals surface area contributed by atoms with Gasteiger partial charge in [0, 0.05) is 19.6 Å². The van der Waals surface area contributed by atoms with Crippen LogP contribution in [-0.4, -0.2) is 30.1 Å². The van der Waals surface area contributed by atoms with Gasteiger partial charge in [-0.1, -0.05) is 30.3 Å². The minimum absolute atomic E-state index is 0.0454. The van der Waals surface area contributed by atoms with Crippen LogP contribution >= 0.6 is 0 Å². The molecule has 1 aromatic rings. The van der Waals surface area contributed by atoms with E-state index in [1.165, 1.54) is 0 Å². The maximum atomic E-state index is 11.3. The van der Waals surface area contributed by atoms with E-state index in [1.54, 1.807) is 0 Å². The van der Waals surface area contributed by atoms with Crippen molar-refractivity contribution in [2.24, 2.45) is 0 Å². The molecule has 1 amide bonds. The summed E-state index contributed by atoms with van der Waals surface area (Å²) in [5, 5.41) is 11.0. The quantitative estimate of drug-likeness (QED) is 0.665. The smallest absolute Gasteiger partial charge is 0.305 e. The Morgan fingerprint density at radius 1 is 1.16 bits per heavy atom. The summed E-state index contributed by atoms with van der Waals surface area (Å²) in [6, 6.07) is 9.82. The van der Waals surface area contributed by atoms with E-state index in [0.29, 0.717) is 26.1 Å². The van der Waals surface area contributed by atoms with Gasteiger partial charge in [-0.25, -0.2) is 0 Å². The van der Waals surface area contributed by atoms with Crippen molar-refractivity contribution in [3.8, 4) is 0 Å². The van der Waals surface area contributed by atoms with Gasteiger partial charge in [0.1, 0.15) is 0 Å². The number of carbonyl (C=O) groups excluding carboxylic acids is 1. The number of carbonyl (C=O) groups is 2. The average Bonchev–Trinajstić information content (AvgIpc) is 2.39. The number of ether oxygens (including phenoxy) is 1. The molecule has 1 aromatic carbocycles. The molecule has 1 rings (SSSR count). The van der Waals surface area contributed by atoms with Gasteiger partial charge in [-0.2, -0.15) is 0 Å². The number of carboxylic acids is 1. The minimum atomic E-state index is -0.911. The van der Waals surface area contributed by atoms with E-state index in [9.17, 15) is 9.59 Å². The van der Waals surface area contributed by atoms with Crippen molar-refractivity contribution in [2.75, 3.05) is 13.2 Å². The van der Waals surface area contributed by atoms with Crippen LogP contribution in [0.1, 0.15) is 24.8 Å². The first-order valence-corrected chi connectivity index (χ1v) is 6.28. The first-order chi connectivity index (χ1) is 9.18. The van der Waals surface area contributed by atoms with Crippen molar-refractivity contribution in [3.05, 3.63) is 35.9 Å². The Morgan fingerprint density at radius 3 is 2.58 bits per heavy atom. The molecule has 5 nitrogen and oxygen atoms in total. The normalized spacial score (nSPS) is 10.1. The van der Waals surface area contributed by atoms with Gasteiger partial charge in [0.05, 0.1) is 13.0 Å². The van der Waals surface area contributed by atoms with Crippen LogP contribution in [-0.2, 0) is 20.9 Å². The van der Waals surface area contributed by atoms with Gasteiger partial charge in [-0.05, 0) is 12.0 Å². The van der Waals surface area contributed by atoms with Crippen LogP contribution in [0, 0.1) is 0 Å². The molecule has 5 heteroatoms. The van der Waals surface area contributed by atoms with E-state index < -0.39 is 5.97 Å². The van der Waals surface area contributed by atoms with Gasteiger partial charge in [0.2, 0.25) is 5.91 Å². The molecule has 2 N–H and O–H groups in total. The van der Waals surface area contributed by atoms with Crippen LogP contribution in [0.15, 0.2) is 30.3 Å². The molecule has 0 atom stereocenters. The molecule has 0 aliphatic heterocycles. The highest BCUT2D eigenvalue weighted by atomic mass is 16.5. The summed E-state index contributed by atoms with van der Waals surface area (Å²) in [7, 11) is 0. The van der Waals surface area contributed by atoms with Crippen LogP contribution in [0.2, 0.25) is 0 Å². The van der Waals surface area contributed by atoms with Gasteiger partial charge in [-0.15, -0.1) is 0 Å². The van der Waals surface area contributed by atoms with Gasteiger partial charge < -0.3 is 15.2 Å². The van der Waals surface area contributed by atoms with Crippen LogP contribution < -0.4 is 5.32 Å². The van der Waals surface area contributed by atoms with Crippen molar-refractivity contribution < 1.29 is 19.4 Å². The Balaban J connectivity index is 1.98. The highest BCUT2D eigenvalue weighted by molar-refractivity contribution is 5.76. The van der Waals surface area contributed by atoms with Crippen LogP contribution in [0.4, 0.5) is 0 Å². The lowest BCUT2D eigenvalue weighted by atomic mass is 10.2. The lowest BCUT2D eigenvalue weighted by molar-refractivity contribution is -0.136. The van der Waals surface area contributed by atoms with Crippen molar-refractivity contribution in [1.82, 2.24) is 5.32 Å². The summed E-state index contributed by atoms with van der Waals surface area (Å²) < 4.78 is 5.44. The monoisotopic (exact) mass is 265 g/mol. The van der Waals surface area contributed by atoms with Gasteiger partial charge >= 0.3 is 5.97 Å². The van der Waals surface area contributed by atoms with Crippen LogP contribution in [0.5, 0.6) is 0 Å². The van der Waals surface area contributed by atoms with Crippen molar-refractivity contribution in [2.45, 2.75) is 25.9 Å². The van der Waals surface area contributed by atoms with Crippen molar-refractivity contribution in [1.29, 1.82) is 0 Å². The molecule has 19 heavy (non-hydrogen) atoms. The number of hydrogen-bond acceptors (Lipinski definition) is 3. The number of amides is 1. The molecule has 0 heterocycles. The molecule has 0 unspecified atom stereocenters. The van der Waals surface area contributed by atoms with E-state index in [4.69, 9.17) is 9.84 Å². The van der Waals surface area contributed by atoms with Gasteiger partial charge in [0.15, 0.2) is 0 Å². The predicted molar refractivity (Wildman–Crippen MR) is 70.6 cm³/mol. The average molecular weight is 265 g/mol. The van der Waals surface area contributed by atoms with E-state index in [2.05, 4.69) is 5.32 Å². The standard InChI is InChI=1S/C14H19NO4/c16-13(15-9-8-14(17)18)7-4-10-19-11-12-5-2-1-3-6-12/h1-3,5-6H,4,7-11H2,(H,15,16)(H,17,18). The van der Waals surface area contributed by atoms with E-state index in [-0.39, 0.29) is 18.9 Å². The second-order valence-electron chi connectivity index (χ2n) is 4.14. The third-order valence-electron chi connectivity index (χ3n) is 2.47. The molecule has 104 valence electrons. The first-order valence-electron chi connectivity index (χ1n) is 6.28. The van der Waals surface area contributed by atoms with Crippen molar-refractivity contribution in [3.63, 3.8) is 0 Å². The molecule has 0 radical (unpaired) electrons. The third kappa shape index (κ3) is 7.94. The zero-order chi connectivity index (χ0) is 13.9. The molecule has 0 saturated carbocycles. The fraction of sp³-hybridized carbons (Fsp3) is 0.429. The summed E-state index contributed by atoms with van der Waals surface area (Å²) in [5.41, 5.74) is 1.11. The Bertz CT molecular complexity index is 392. The topological polar surface area (TPSA) is 75.6 Å². The number of hydrogen-bond donors (Lipinski definition) is 2. The lowest BCUT2D eigenvalue weighted by Gasteiger charge is -2.05. The maximum Gasteiger partial charge on any atom is 0.305 e. The number of carboxylic acid groups (broad SMARTS) is 1. The molecule has 0 bridgehead atoms. The third-order valence-corrected chi connectivity index (χ3v) is 2.47. The predicted octanol–water partition coefficient (Wildman–Crippen LogP) is 1.57. The number of benzene rings is 1. The molecule has 0 aliphatic rings. The highest BCUT2D eigenvalue weighted by Crippen LogP contribution is 2.01. The van der Waals surface area contributed by atoms with Crippen LogP contribution in [0.25, 0.3) is 0 Å². The molecule has 0 fully saturated rings. The molecule has 0 aromatic heterocycles. The van der Waals surface area contributed by atoms with Crippen LogP contribution in [0.3, 0.4) is 0 Å². The summed E-state index contributed by atoms with van der Waals surface area (Å²) in [6.45, 7) is 1.24. The fourth-order valence-electron chi connectivity index (χ4n) is 1.50. The highest BCUT2D eigenvalue weighted by Gasteiger charge is 2.02. The van der Waals surface area contributed by atoms with E-state index >= 15 is 0 Å². The second kappa shape index (κ2) is 9.10. The largest absolute Gasteiger partial charge is 0.481 e. The molecule has 0 spiro atoms. The Hall–Kier alpha value is -1.88. The fourth-order valence-corrected chi connectivity index (χ4v) is 1.50. The molecule has 0 aliphatic carbocycles. The van der Waals surface area contributed by atoms with Crippen molar-refractivity contribution >= 4 is 11.9 Å². The summed E-state index contributed by atoms with van der Waals surface area (Å²) in [6.07, 6.45) is 0.941. The maximum absolute atomic E-state index is 11.3. The van der Waals surface area contributed by atoms with Gasteiger partial charge in [-0.3, -0.25) is 9.59 Å². The zero-order valence-corrected chi connectivity index (χ0v) is 10.8. The molecular formula is C14H19NO4. The van der Waals surface area contributed by atoms with E-state index in [0.717, 1.165) is 5.56 Å². The lowest BCUT2D eigenvalue weighted by Crippen LogP contribution is -2.25. The Labute approximate surface area is 112 Å². The SMILES string of the molecule is O=C(O)CCNC(=O)CCCOCc1ccccc1. The minimum Gasteiger partial charge on any atom is -0.481 e. The summed E-state index contributed by atoms with van der Waals surface area (Å²) in [4.78, 5) is 21.5. The number of aliphatic carboxylic acids is 1. The Kier molecular flexibility index (Phi) is 7.27. The molecule has 0 saturated heterocycles. The van der Waals surface area contributed by atoms with Gasteiger partial charge in [0.25, 0.3) is 0 Å². The second-order valence-corrected chi connectivity index (χ2v) is 4.14. The number of rotatable bonds is 9. The Morgan fingerprint density at radius 2 is 1.89 bits per heavy atom. The van der Waals surface area contributed by atoms with E-state index in [1.807, 2.05) is 30.3 Å². The molecular weight excluding hydrogens is 246 g/mol. The summed E-state index contributed by atoms with van der Waals surface area (Å²) in [5.74, 6) is -1.05. The first kappa shape index (κ1) is 15.2.